The quantitative estimate of drug-likeness (QED) is 0.816. The molecule has 2 nitrogen and oxygen atoms in total. The Balaban J connectivity index is 1.75. The van der Waals surface area contributed by atoms with E-state index in [-0.39, 0.29) is 0 Å². The summed E-state index contributed by atoms with van der Waals surface area (Å²) in [6.45, 7) is 1.83. The minimum absolute atomic E-state index is 0.620. The zero-order chi connectivity index (χ0) is 13.9. The summed E-state index contributed by atoms with van der Waals surface area (Å²) in [6, 6.07) is 10.6. The highest BCUT2D eigenvalue weighted by Gasteiger charge is 2.29. The standard InChI is InChI=1S/C16H15ClN2S/c17-16-7-12(8-18)1-2-14(16)10-19(15-3-4-15)9-13-5-6-20-11-13/h1-2,5-7,11,15H,3-4,9-10H2. The predicted octanol–water partition coefficient (Wildman–Crippen LogP) is 4.44. The molecule has 0 saturated heterocycles. The van der Waals surface area contributed by atoms with Crippen LogP contribution in [0.5, 0.6) is 0 Å². The number of hydrogen-bond acceptors (Lipinski definition) is 3. The first kappa shape index (κ1) is 13.6. The van der Waals surface area contributed by atoms with Crippen LogP contribution in [0.1, 0.15) is 29.5 Å². The summed E-state index contributed by atoms with van der Waals surface area (Å²) in [7, 11) is 0. The first-order valence-electron chi connectivity index (χ1n) is 6.70. The predicted molar refractivity (Wildman–Crippen MR) is 82.8 cm³/mol. The molecule has 2 aromatic rings. The van der Waals surface area contributed by atoms with Crippen molar-refractivity contribution in [3.05, 3.63) is 56.7 Å². The molecule has 1 heterocycles. The Hall–Kier alpha value is -1.34. The number of halogens is 1. The van der Waals surface area contributed by atoms with Crippen molar-refractivity contribution in [3.63, 3.8) is 0 Å². The first-order valence-corrected chi connectivity index (χ1v) is 8.02. The van der Waals surface area contributed by atoms with E-state index in [0.29, 0.717) is 16.6 Å². The Kier molecular flexibility index (Phi) is 4.07. The SMILES string of the molecule is N#Cc1ccc(CN(Cc2ccsc2)C2CC2)c(Cl)c1. The number of nitrogens with zero attached hydrogens (tertiary/aromatic N) is 2. The van der Waals surface area contributed by atoms with E-state index in [1.165, 1.54) is 18.4 Å². The van der Waals surface area contributed by atoms with E-state index in [1.54, 1.807) is 17.4 Å². The first-order chi connectivity index (χ1) is 9.76. The van der Waals surface area contributed by atoms with E-state index in [4.69, 9.17) is 16.9 Å². The maximum Gasteiger partial charge on any atom is 0.0992 e. The second-order valence-electron chi connectivity index (χ2n) is 5.19. The van der Waals surface area contributed by atoms with Crippen LogP contribution in [-0.4, -0.2) is 10.9 Å². The third-order valence-electron chi connectivity index (χ3n) is 3.58. The molecule has 102 valence electrons. The van der Waals surface area contributed by atoms with Crippen molar-refractivity contribution in [2.24, 2.45) is 0 Å². The van der Waals surface area contributed by atoms with Crippen molar-refractivity contribution in [3.8, 4) is 6.07 Å². The highest BCUT2D eigenvalue weighted by molar-refractivity contribution is 7.07. The maximum atomic E-state index is 8.89. The van der Waals surface area contributed by atoms with Crippen LogP contribution in [0.15, 0.2) is 35.0 Å². The molecule has 0 aliphatic heterocycles. The van der Waals surface area contributed by atoms with E-state index in [1.807, 2.05) is 12.1 Å². The van der Waals surface area contributed by atoms with Crippen LogP contribution in [0.4, 0.5) is 0 Å². The fraction of sp³-hybridized carbons (Fsp3) is 0.312. The summed E-state index contributed by atoms with van der Waals surface area (Å²) in [4.78, 5) is 2.48. The summed E-state index contributed by atoms with van der Waals surface area (Å²) in [5.74, 6) is 0. The molecule has 0 unspecified atom stereocenters. The topological polar surface area (TPSA) is 27.0 Å². The molecule has 4 heteroatoms. The van der Waals surface area contributed by atoms with Crippen LogP contribution in [0.25, 0.3) is 0 Å². The lowest BCUT2D eigenvalue weighted by molar-refractivity contribution is 0.246. The van der Waals surface area contributed by atoms with Gasteiger partial charge < -0.3 is 0 Å². The Bertz CT molecular complexity index is 626. The lowest BCUT2D eigenvalue weighted by Crippen LogP contribution is -2.25. The fourth-order valence-corrected chi connectivity index (χ4v) is 3.23. The fourth-order valence-electron chi connectivity index (χ4n) is 2.33. The van der Waals surface area contributed by atoms with Crippen LogP contribution in [0.3, 0.4) is 0 Å². The van der Waals surface area contributed by atoms with Crippen LogP contribution in [0.2, 0.25) is 5.02 Å². The van der Waals surface area contributed by atoms with Crippen molar-refractivity contribution < 1.29 is 0 Å². The van der Waals surface area contributed by atoms with Gasteiger partial charge in [-0.1, -0.05) is 17.7 Å². The van der Waals surface area contributed by atoms with E-state index in [2.05, 4.69) is 27.8 Å². The molecule has 0 spiro atoms. The summed E-state index contributed by atoms with van der Waals surface area (Å²) >= 11 is 8.02. The minimum atomic E-state index is 0.620. The van der Waals surface area contributed by atoms with Gasteiger partial charge in [-0.05, 0) is 52.9 Å². The number of rotatable bonds is 5. The van der Waals surface area contributed by atoms with E-state index in [0.717, 1.165) is 18.7 Å². The average molecular weight is 303 g/mol. The van der Waals surface area contributed by atoms with Crippen molar-refractivity contribution in [2.45, 2.75) is 32.0 Å². The van der Waals surface area contributed by atoms with Gasteiger partial charge in [-0.3, -0.25) is 4.90 Å². The lowest BCUT2D eigenvalue weighted by Gasteiger charge is -2.22. The molecule has 1 aliphatic carbocycles. The molecule has 1 aromatic carbocycles. The second-order valence-corrected chi connectivity index (χ2v) is 6.37. The van der Waals surface area contributed by atoms with Gasteiger partial charge in [0.25, 0.3) is 0 Å². The zero-order valence-corrected chi connectivity index (χ0v) is 12.6. The zero-order valence-electron chi connectivity index (χ0n) is 11.1. The van der Waals surface area contributed by atoms with Crippen LogP contribution in [0, 0.1) is 11.3 Å². The molecule has 0 bridgehead atoms. The van der Waals surface area contributed by atoms with Gasteiger partial charge in [0.2, 0.25) is 0 Å². The minimum Gasteiger partial charge on any atom is -0.292 e. The highest BCUT2D eigenvalue weighted by atomic mass is 35.5. The van der Waals surface area contributed by atoms with Gasteiger partial charge in [0, 0.05) is 24.2 Å². The van der Waals surface area contributed by atoms with Gasteiger partial charge in [0.1, 0.15) is 0 Å². The molecular formula is C16H15ClN2S. The average Bonchev–Trinajstić information content (AvgIpc) is 3.18. The molecule has 1 aliphatic rings. The summed E-state index contributed by atoms with van der Waals surface area (Å²) < 4.78 is 0. The Morgan fingerprint density at radius 3 is 2.75 bits per heavy atom. The summed E-state index contributed by atoms with van der Waals surface area (Å²) in [5, 5.41) is 13.9. The van der Waals surface area contributed by atoms with Gasteiger partial charge in [0.05, 0.1) is 11.6 Å². The molecule has 20 heavy (non-hydrogen) atoms. The molecule has 1 aromatic heterocycles. The molecule has 0 radical (unpaired) electrons. The highest BCUT2D eigenvalue weighted by Crippen LogP contribution is 2.31. The molecule has 0 atom stereocenters. The Morgan fingerprint density at radius 1 is 1.30 bits per heavy atom. The van der Waals surface area contributed by atoms with E-state index >= 15 is 0 Å². The summed E-state index contributed by atoms with van der Waals surface area (Å²) in [6.07, 6.45) is 2.55. The maximum absolute atomic E-state index is 8.89. The van der Waals surface area contributed by atoms with Gasteiger partial charge in [-0.15, -0.1) is 0 Å². The van der Waals surface area contributed by atoms with E-state index < -0.39 is 0 Å². The molecular weight excluding hydrogens is 288 g/mol. The Morgan fingerprint density at radius 2 is 2.15 bits per heavy atom. The molecule has 3 rings (SSSR count). The molecule has 1 fully saturated rings. The smallest absolute Gasteiger partial charge is 0.0992 e. The monoisotopic (exact) mass is 302 g/mol. The van der Waals surface area contributed by atoms with Crippen molar-refractivity contribution in [1.29, 1.82) is 5.26 Å². The molecule has 1 saturated carbocycles. The Labute approximate surface area is 128 Å². The lowest BCUT2D eigenvalue weighted by atomic mass is 10.1. The van der Waals surface area contributed by atoms with Crippen LogP contribution < -0.4 is 0 Å². The molecule has 0 amide bonds. The number of benzene rings is 1. The number of thiophene rings is 1. The third kappa shape index (κ3) is 3.21. The second kappa shape index (κ2) is 5.97. The van der Waals surface area contributed by atoms with Crippen LogP contribution >= 0.6 is 22.9 Å². The summed E-state index contributed by atoms with van der Waals surface area (Å²) in [5.41, 5.74) is 3.09. The van der Waals surface area contributed by atoms with Crippen molar-refractivity contribution in [1.82, 2.24) is 4.90 Å². The van der Waals surface area contributed by atoms with Crippen molar-refractivity contribution >= 4 is 22.9 Å². The molecule has 0 N–H and O–H groups in total. The normalized spacial score (nSPS) is 14.4. The number of hydrogen-bond donors (Lipinski definition) is 0. The van der Waals surface area contributed by atoms with Crippen LogP contribution in [-0.2, 0) is 13.1 Å². The van der Waals surface area contributed by atoms with Gasteiger partial charge in [-0.25, -0.2) is 0 Å². The van der Waals surface area contributed by atoms with Gasteiger partial charge in [0.15, 0.2) is 0 Å². The third-order valence-corrected chi connectivity index (χ3v) is 4.67. The van der Waals surface area contributed by atoms with Gasteiger partial charge in [-0.2, -0.15) is 16.6 Å². The largest absolute Gasteiger partial charge is 0.292 e. The number of nitriles is 1. The van der Waals surface area contributed by atoms with Gasteiger partial charge >= 0.3 is 0 Å². The van der Waals surface area contributed by atoms with Crippen molar-refractivity contribution in [2.75, 3.05) is 0 Å². The van der Waals surface area contributed by atoms with E-state index in [9.17, 15) is 0 Å².